The third-order valence-corrected chi connectivity index (χ3v) is 5.75. The van der Waals surface area contributed by atoms with E-state index in [4.69, 9.17) is 5.73 Å². The lowest BCUT2D eigenvalue weighted by molar-refractivity contribution is 0.596. The molecule has 0 aliphatic heterocycles. The molecule has 3 nitrogen and oxygen atoms in total. The van der Waals surface area contributed by atoms with Crippen LogP contribution in [0, 0.1) is 0 Å². The number of rotatable bonds is 3. The molecule has 2 aromatic rings. The van der Waals surface area contributed by atoms with Gasteiger partial charge in [-0.25, -0.2) is 8.42 Å². The van der Waals surface area contributed by atoms with Gasteiger partial charge in [-0.2, -0.15) is 0 Å². The molecule has 0 aliphatic rings. The molecule has 17 heavy (non-hydrogen) atoms. The van der Waals surface area contributed by atoms with Crippen molar-refractivity contribution in [3.8, 4) is 0 Å². The molecule has 6 heteroatoms. The number of benzene rings is 1. The van der Waals surface area contributed by atoms with Gasteiger partial charge in [0, 0.05) is 4.88 Å². The number of halogens is 1. The Balaban J connectivity index is 2.35. The van der Waals surface area contributed by atoms with Crippen LogP contribution in [0.4, 0.5) is 5.69 Å². The standard InChI is InChI=1S/C11H10BrNO2S2/c12-11-6-5-8(16-11)7-17(14,15)10-4-2-1-3-9(10)13/h1-6H,7,13H2. The van der Waals surface area contributed by atoms with E-state index >= 15 is 0 Å². The summed E-state index contributed by atoms with van der Waals surface area (Å²) in [7, 11) is -3.37. The van der Waals surface area contributed by atoms with Crippen LogP contribution in [-0.4, -0.2) is 8.42 Å². The highest BCUT2D eigenvalue weighted by Gasteiger charge is 2.18. The maximum Gasteiger partial charge on any atom is 0.185 e. The van der Waals surface area contributed by atoms with Gasteiger partial charge in [-0.05, 0) is 40.2 Å². The van der Waals surface area contributed by atoms with Crippen LogP contribution < -0.4 is 5.73 Å². The number of nitrogen functional groups attached to an aromatic ring is 1. The minimum atomic E-state index is -3.37. The molecule has 1 heterocycles. The van der Waals surface area contributed by atoms with Crippen LogP contribution in [0.15, 0.2) is 45.1 Å². The van der Waals surface area contributed by atoms with Crippen molar-refractivity contribution in [1.29, 1.82) is 0 Å². The molecule has 1 aromatic carbocycles. The summed E-state index contributed by atoms with van der Waals surface area (Å²) in [5, 5.41) is 0. The highest BCUT2D eigenvalue weighted by atomic mass is 79.9. The number of hydrogen-bond acceptors (Lipinski definition) is 4. The number of sulfone groups is 1. The Morgan fingerprint density at radius 2 is 1.88 bits per heavy atom. The lowest BCUT2D eigenvalue weighted by Crippen LogP contribution is -2.06. The van der Waals surface area contributed by atoms with Gasteiger partial charge in [0.25, 0.3) is 0 Å². The zero-order chi connectivity index (χ0) is 12.5. The summed E-state index contributed by atoms with van der Waals surface area (Å²) in [5.74, 6) is -0.0164. The fourth-order valence-corrected chi connectivity index (χ4v) is 4.78. The van der Waals surface area contributed by atoms with Crippen LogP contribution in [0.3, 0.4) is 0 Å². The first kappa shape index (κ1) is 12.6. The van der Waals surface area contributed by atoms with Gasteiger partial charge in [0.2, 0.25) is 0 Å². The number of para-hydroxylation sites is 1. The number of nitrogens with two attached hydrogens (primary N) is 1. The highest BCUT2D eigenvalue weighted by Crippen LogP contribution is 2.27. The molecule has 0 amide bonds. The van der Waals surface area contributed by atoms with Crippen molar-refractivity contribution in [2.24, 2.45) is 0 Å². The Labute approximate surface area is 112 Å². The van der Waals surface area contributed by atoms with Gasteiger partial charge in [0.05, 0.1) is 20.1 Å². The lowest BCUT2D eigenvalue weighted by atomic mass is 10.3. The summed E-state index contributed by atoms with van der Waals surface area (Å²) in [6, 6.07) is 10.2. The predicted octanol–water partition coefficient (Wildman–Crippen LogP) is 3.07. The van der Waals surface area contributed by atoms with Gasteiger partial charge < -0.3 is 5.73 Å². The summed E-state index contributed by atoms with van der Waals surface area (Å²) in [4.78, 5) is 0.990. The van der Waals surface area contributed by atoms with E-state index < -0.39 is 9.84 Å². The molecular weight excluding hydrogens is 322 g/mol. The average molecular weight is 332 g/mol. The van der Waals surface area contributed by atoms with E-state index in [9.17, 15) is 8.42 Å². The molecule has 0 saturated carbocycles. The summed E-state index contributed by atoms with van der Waals surface area (Å²) in [6.45, 7) is 0. The molecule has 0 spiro atoms. The Kier molecular flexibility index (Phi) is 3.56. The van der Waals surface area contributed by atoms with Crippen molar-refractivity contribution in [1.82, 2.24) is 0 Å². The monoisotopic (exact) mass is 331 g/mol. The van der Waals surface area contributed by atoms with Gasteiger partial charge >= 0.3 is 0 Å². The Bertz CT molecular complexity index is 634. The van der Waals surface area contributed by atoms with Gasteiger partial charge in [-0.3, -0.25) is 0 Å². The Morgan fingerprint density at radius 3 is 2.47 bits per heavy atom. The van der Waals surface area contributed by atoms with E-state index in [1.54, 1.807) is 24.3 Å². The van der Waals surface area contributed by atoms with Gasteiger partial charge in [-0.15, -0.1) is 11.3 Å². The van der Waals surface area contributed by atoms with Crippen LogP contribution >= 0.6 is 27.3 Å². The molecule has 0 saturated heterocycles. The maximum atomic E-state index is 12.1. The summed E-state index contributed by atoms with van der Waals surface area (Å²) in [6.07, 6.45) is 0. The minimum absolute atomic E-state index is 0.0164. The second-order valence-corrected chi connectivity index (χ2v) is 8.01. The van der Waals surface area contributed by atoms with Crippen molar-refractivity contribution in [3.05, 3.63) is 45.1 Å². The number of hydrogen-bond donors (Lipinski definition) is 1. The largest absolute Gasteiger partial charge is 0.398 e. The normalized spacial score (nSPS) is 11.6. The van der Waals surface area contributed by atoms with E-state index in [1.807, 2.05) is 6.07 Å². The number of thiophene rings is 1. The molecule has 0 unspecified atom stereocenters. The van der Waals surface area contributed by atoms with E-state index in [-0.39, 0.29) is 10.6 Å². The van der Waals surface area contributed by atoms with Crippen molar-refractivity contribution in [2.75, 3.05) is 5.73 Å². The van der Waals surface area contributed by atoms with Crippen molar-refractivity contribution in [3.63, 3.8) is 0 Å². The smallest absolute Gasteiger partial charge is 0.185 e. The topological polar surface area (TPSA) is 60.2 Å². The first-order valence-electron chi connectivity index (χ1n) is 4.80. The predicted molar refractivity (Wildman–Crippen MR) is 73.8 cm³/mol. The summed E-state index contributed by atoms with van der Waals surface area (Å²) in [5.41, 5.74) is 5.98. The van der Waals surface area contributed by atoms with Crippen molar-refractivity contribution in [2.45, 2.75) is 10.6 Å². The third kappa shape index (κ3) is 2.88. The second-order valence-electron chi connectivity index (χ2n) is 3.50. The van der Waals surface area contributed by atoms with Crippen molar-refractivity contribution < 1.29 is 8.42 Å². The minimum Gasteiger partial charge on any atom is -0.398 e. The molecule has 2 rings (SSSR count). The van der Waals surface area contributed by atoms with Crippen LogP contribution in [0.25, 0.3) is 0 Å². The van der Waals surface area contributed by atoms with Gasteiger partial charge in [0.15, 0.2) is 9.84 Å². The van der Waals surface area contributed by atoms with Gasteiger partial charge in [0.1, 0.15) is 0 Å². The molecular formula is C11H10BrNO2S2. The summed E-state index contributed by atoms with van der Waals surface area (Å²) < 4.78 is 25.2. The third-order valence-electron chi connectivity index (χ3n) is 2.22. The van der Waals surface area contributed by atoms with E-state index in [0.29, 0.717) is 5.69 Å². The molecule has 0 bridgehead atoms. The quantitative estimate of drug-likeness (QED) is 0.879. The van der Waals surface area contributed by atoms with E-state index in [2.05, 4.69) is 15.9 Å². The first-order chi connectivity index (χ1) is 7.99. The maximum absolute atomic E-state index is 12.1. The lowest BCUT2D eigenvalue weighted by Gasteiger charge is -2.05. The summed E-state index contributed by atoms with van der Waals surface area (Å²) >= 11 is 4.72. The molecule has 0 aliphatic carbocycles. The number of anilines is 1. The zero-order valence-corrected chi connectivity index (χ0v) is 12.0. The van der Waals surface area contributed by atoms with E-state index in [1.165, 1.54) is 17.4 Å². The molecule has 90 valence electrons. The molecule has 1 aromatic heterocycles. The first-order valence-corrected chi connectivity index (χ1v) is 8.07. The molecule has 0 radical (unpaired) electrons. The molecule has 2 N–H and O–H groups in total. The van der Waals surface area contributed by atoms with Crippen LogP contribution in [-0.2, 0) is 15.6 Å². The molecule has 0 atom stereocenters. The highest BCUT2D eigenvalue weighted by molar-refractivity contribution is 9.11. The van der Waals surface area contributed by atoms with Crippen LogP contribution in [0.5, 0.6) is 0 Å². The van der Waals surface area contributed by atoms with Crippen LogP contribution in [0.1, 0.15) is 4.88 Å². The second kappa shape index (κ2) is 4.80. The van der Waals surface area contributed by atoms with Gasteiger partial charge in [-0.1, -0.05) is 12.1 Å². The zero-order valence-electron chi connectivity index (χ0n) is 8.76. The Hall–Kier alpha value is -0.850. The SMILES string of the molecule is Nc1ccccc1S(=O)(=O)Cc1ccc(Br)s1. The van der Waals surface area contributed by atoms with Crippen molar-refractivity contribution >= 4 is 42.8 Å². The van der Waals surface area contributed by atoms with Crippen LogP contribution in [0.2, 0.25) is 0 Å². The van der Waals surface area contributed by atoms with E-state index in [0.717, 1.165) is 8.66 Å². The fraction of sp³-hybridized carbons (Fsp3) is 0.0909. The Morgan fingerprint density at radius 1 is 1.18 bits per heavy atom. The fourth-order valence-electron chi connectivity index (χ4n) is 1.46. The molecule has 0 fully saturated rings. The average Bonchev–Trinajstić information content (AvgIpc) is 2.63.